The molecule has 1 aliphatic heterocycles. The number of carbonyl (C=O) groups is 1. The topological polar surface area (TPSA) is 51.9 Å². The Balaban J connectivity index is 2.17. The highest BCUT2D eigenvalue weighted by Gasteiger charge is 2.36. The Kier molecular flexibility index (Phi) is 4.83. The van der Waals surface area contributed by atoms with E-state index < -0.39 is 0 Å². The van der Waals surface area contributed by atoms with Gasteiger partial charge in [-0.15, -0.1) is 0 Å². The van der Waals surface area contributed by atoms with Crippen molar-refractivity contribution in [3.05, 3.63) is 23.2 Å². The number of amides is 1. The summed E-state index contributed by atoms with van der Waals surface area (Å²) >= 11 is 0. The maximum absolute atomic E-state index is 12.6. The molecule has 5 heteroatoms. The molecule has 2 atom stereocenters. The summed E-state index contributed by atoms with van der Waals surface area (Å²) in [5, 5.41) is 0. The Hall–Kier alpha value is -1.33. The second-order valence-corrected chi connectivity index (χ2v) is 5.23. The number of nitrogens with zero attached hydrogens (tertiary/aromatic N) is 1. The summed E-state index contributed by atoms with van der Waals surface area (Å²) in [6.45, 7) is 5.09. The molecule has 0 saturated carbocycles. The van der Waals surface area contributed by atoms with E-state index in [1.807, 2.05) is 19.9 Å². The molecule has 0 unspecified atom stereocenters. The van der Waals surface area contributed by atoms with Gasteiger partial charge in [-0.2, -0.15) is 0 Å². The molecule has 0 aliphatic carbocycles. The molecule has 1 saturated heterocycles. The predicted octanol–water partition coefficient (Wildman–Crippen LogP) is 2.03. The van der Waals surface area contributed by atoms with Crippen molar-refractivity contribution in [3.63, 3.8) is 0 Å². The summed E-state index contributed by atoms with van der Waals surface area (Å²) in [7, 11) is 3.32. The Morgan fingerprint density at radius 3 is 2.80 bits per heavy atom. The van der Waals surface area contributed by atoms with Gasteiger partial charge in [-0.25, -0.2) is 0 Å². The first-order chi connectivity index (χ1) is 9.60. The largest absolute Gasteiger partial charge is 0.456 e. The first kappa shape index (κ1) is 15.1. The first-order valence-electron chi connectivity index (χ1n) is 7.02. The molecule has 1 fully saturated rings. The summed E-state index contributed by atoms with van der Waals surface area (Å²) in [5.74, 6) is 1.21. The zero-order chi connectivity index (χ0) is 14.7. The van der Waals surface area contributed by atoms with Gasteiger partial charge in [-0.1, -0.05) is 6.92 Å². The maximum Gasteiger partial charge on any atom is 0.289 e. The third-order valence-electron chi connectivity index (χ3n) is 3.88. The molecule has 5 nitrogen and oxygen atoms in total. The van der Waals surface area contributed by atoms with Crippen molar-refractivity contribution in [1.29, 1.82) is 0 Å². The number of hydrogen-bond acceptors (Lipinski definition) is 4. The van der Waals surface area contributed by atoms with Crippen LogP contribution in [0.4, 0.5) is 0 Å². The highest BCUT2D eigenvalue weighted by atomic mass is 16.5. The summed E-state index contributed by atoms with van der Waals surface area (Å²) in [6.07, 6.45) is 1.67. The van der Waals surface area contributed by atoms with E-state index in [4.69, 9.17) is 13.9 Å². The van der Waals surface area contributed by atoms with E-state index in [0.29, 0.717) is 18.9 Å². The van der Waals surface area contributed by atoms with Gasteiger partial charge in [-0.05, 0) is 25.0 Å². The van der Waals surface area contributed by atoms with Crippen molar-refractivity contribution in [1.82, 2.24) is 4.90 Å². The van der Waals surface area contributed by atoms with Crippen LogP contribution in [0.3, 0.4) is 0 Å². The van der Waals surface area contributed by atoms with Crippen molar-refractivity contribution in [3.8, 4) is 0 Å². The first-order valence-corrected chi connectivity index (χ1v) is 7.02. The van der Waals surface area contributed by atoms with Gasteiger partial charge in [-0.3, -0.25) is 4.79 Å². The molecule has 0 spiro atoms. The lowest BCUT2D eigenvalue weighted by Crippen LogP contribution is -2.38. The lowest BCUT2D eigenvalue weighted by atomic mass is 10.2. The van der Waals surface area contributed by atoms with Gasteiger partial charge in [0.25, 0.3) is 5.91 Å². The molecular weight excluding hydrogens is 258 g/mol. The summed E-state index contributed by atoms with van der Waals surface area (Å²) in [4.78, 5) is 14.4. The number of ether oxygens (including phenoxy) is 2. The molecule has 0 N–H and O–H groups in total. The summed E-state index contributed by atoms with van der Waals surface area (Å²) < 4.78 is 16.2. The standard InChI is InChI=1S/C15H23NO4/c1-5-13-10(2)6-14(20-13)15(17)16-8-12(19-4)7-11(16)9-18-3/h6,11-12H,5,7-9H2,1-4H3/t11-,12+/m0/s1. The molecule has 1 aromatic rings. The van der Waals surface area contributed by atoms with Crippen molar-refractivity contribution in [2.24, 2.45) is 0 Å². The van der Waals surface area contributed by atoms with E-state index >= 15 is 0 Å². The van der Waals surface area contributed by atoms with Crippen LogP contribution in [0.25, 0.3) is 0 Å². The average molecular weight is 281 g/mol. The minimum atomic E-state index is -0.0746. The molecule has 1 amide bonds. The van der Waals surface area contributed by atoms with Gasteiger partial charge in [0.2, 0.25) is 0 Å². The highest BCUT2D eigenvalue weighted by molar-refractivity contribution is 5.92. The van der Waals surface area contributed by atoms with Crippen LogP contribution in [0.1, 0.15) is 35.2 Å². The Labute approximate surface area is 119 Å². The minimum Gasteiger partial charge on any atom is -0.456 e. The maximum atomic E-state index is 12.6. The number of likely N-dealkylation sites (tertiary alicyclic amines) is 1. The molecule has 2 rings (SSSR count). The zero-order valence-electron chi connectivity index (χ0n) is 12.6. The quantitative estimate of drug-likeness (QED) is 0.828. The molecule has 20 heavy (non-hydrogen) atoms. The van der Waals surface area contributed by atoms with E-state index in [-0.39, 0.29) is 18.1 Å². The van der Waals surface area contributed by atoms with Crippen molar-refractivity contribution in [2.75, 3.05) is 27.4 Å². The van der Waals surface area contributed by atoms with Crippen LogP contribution < -0.4 is 0 Å². The normalized spacial score (nSPS) is 22.5. The predicted molar refractivity (Wildman–Crippen MR) is 74.9 cm³/mol. The van der Waals surface area contributed by atoms with Crippen molar-refractivity contribution in [2.45, 2.75) is 38.8 Å². The van der Waals surface area contributed by atoms with Gasteiger partial charge < -0.3 is 18.8 Å². The lowest BCUT2D eigenvalue weighted by molar-refractivity contribution is 0.0581. The zero-order valence-corrected chi connectivity index (χ0v) is 12.6. The van der Waals surface area contributed by atoms with Crippen LogP contribution in [0, 0.1) is 6.92 Å². The monoisotopic (exact) mass is 281 g/mol. The fraction of sp³-hybridized carbons (Fsp3) is 0.667. The third kappa shape index (κ3) is 2.88. The second kappa shape index (κ2) is 6.41. The number of aryl methyl sites for hydroxylation is 2. The van der Waals surface area contributed by atoms with Crippen LogP contribution in [-0.2, 0) is 15.9 Å². The van der Waals surface area contributed by atoms with Gasteiger partial charge in [0.1, 0.15) is 5.76 Å². The SMILES string of the molecule is CCc1oc(C(=O)N2C[C@H](OC)C[C@H]2COC)cc1C. The van der Waals surface area contributed by atoms with Crippen LogP contribution >= 0.6 is 0 Å². The molecule has 0 aromatic carbocycles. The van der Waals surface area contributed by atoms with E-state index in [2.05, 4.69) is 0 Å². The average Bonchev–Trinajstić information content (AvgIpc) is 3.02. The number of rotatable bonds is 5. The number of carbonyl (C=O) groups excluding carboxylic acids is 1. The van der Waals surface area contributed by atoms with E-state index in [1.165, 1.54) is 0 Å². The van der Waals surface area contributed by atoms with E-state index in [1.54, 1.807) is 19.1 Å². The Morgan fingerprint density at radius 2 is 2.25 bits per heavy atom. The molecule has 1 aliphatic rings. The minimum absolute atomic E-state index is 0.0490. The fourth-order valence-corrected chi connectivity index (χ4v) is 2.76. The van der Waals surface area contributed by atoms with Gasteiger partial charge in [0.15, 0.2) is 5.76 Å². The van der Waals surface area contributed by atoms with E-state index in [0.717, 1.165) is 24.2 Å². The van der Waals surface area contributed by atoms with Crippen LogP contribution in [-0.4, -0.2) is 50.3 Å². The van der Waals surface area contributed by atoms with E-state index in [9.17, 15) is 4.79 Å². The van der Waals surface area contributed by atoms with Crippen molar-refractivity contribution >= 4 is 5.91 Å². The summed E-state index contributed by atoms with van der Waals surface area (Å²) in [5.41, 5.74) is 1.03. The molecule has 1 aromatic heterocycles. The van der Waals surface area contributed by atoms with Gasteiger partial charge in [0, 0.05) is 27.2 Å². The molecule has 0 bridgehead atoms. The smallest absolute Gasteiger partial charge is 0.289 e. The second-order valence-electron chi connectivity index (χ2n) is 5.23. The highest BCUT2D eigenvalue weighted by Crippen LogP contribution is 2.24. The lowest BCUT2D eigenvalue weighted by Gasteiger charge is -2.22. The van der Waals surface area contributed by atoms with Crippen LogP contribution in [0.2, 0.25) is 0 Å². The Morgan fingerprint density at radius 1 is 1.50 bits per heavy atom. The Bertz CT molecular complexity index is 468. The fourth-order valence-electron chi connectivity index (χ4n) is 2.76. The third-order valence-corrected chi connectivity index (χ3v) is 3.88. The number of hydrogen-bond donors (Lipinski definition) is 0. The number of furan rings is 1. The molecule has 2 heterocycles. The number of methoxy groups -OCH3 is 2. The van der Waals surface area contributed by atoms with Crippen LogP contribution in [0.15, 0.2) is 10.5 Å². The molecule has 112 valence electrons. The molecule has 0 radical (unpaired) electrons. The summed E-state index contributed by atoms with van der Waals surface area (Å²) in [6, 6.07) is 1.87. The van der Waals surface area contributed by atoms with Crippen LogP contribution in [0.5, 0.6) is 0 Å². The molecular formula is C15H23NO4. The van der Waals surface area contributed by atoms with Gasteiger partial charge in [0.05, 0.1) is 18.8 Å². The van der Waals surface area contributed by atoms with Crippen molar-refractivity contribution < 1.29 is 18.7 Å². The van der Waals surface area contributed by atoms with Gasteiger partial charge >= 0.3 is 0 Å².